The minimum atomic E-state index is 0.400. The second-order valence-electron chi connectivity index (χ2n) is 2.47. The Labute approximate surface area is 61.7 Å². The molecule has 0 saturated carbocycles. The molecule has 1 aliphatic rings. The molecular weight excluding hydrogens is 130 g/mol. The SMILES string of the molecule is CCCOCOC1CNC1. The van der Waals surface area contributed by atoms with Gasteiger partial charge in [0.15, 0.2) is 0 Å². The molecule has 3 nitrogen and oxygen atoms in total. The third-order valence-electron chi connectivity index (χ3n) is 1.48. The molecule has 1 rings (SSSR count). The Morgan fingerprint density at radius 3 is 2.80 bits per heavy atom. The van der Waals surface area contributed by atoms with E-state index in [-0.39, 0.29) is 0 Å². The normalized spacial score (nSPS) is 18.9. The average molecular weight is 145 g/mol. The number of nitrogens with one attached hydrogen (secondary N) is 1. The van der Waals surface area contributed by atoms with Gasteiger partial charge in [0.25, 0.3) is 0 Å². The molecule has 60 valence electrons. The quantitative estimate of drug-likeness (QED) is 0.447. The van der Waals surface area contributed by atoms with Gasteiger partial charge in [-0.25, -0.2) is 0 Å². The van der Waals surface area contributed by atoms with Crippen LogP contribution < -0.4 is 5.32 Å². The highest BCUT2D eigenvalue weighted by Crippen LogP contribution is 1.97. The van der Waals surface area contributed by atoms with Crippen LogP contribution in [0.5, 0.6) is 0 Å². The Morgan fingerprint density at radius 1 is 1.50 bits per heavy atom. The van der Waals surface area contributed by atoms with Gasteiger partial charge in [0.1, 0.15) is 6.79 Å². The predicted molar refractivity (Wildman–Crippen MR) is 38.9 cm³/mol. The summed E-state index contributed by atoms with van der Waals surface area (Å²) in [5, 5.41) is 3.12. The molecule has 0 aromatic heterocycles. The van der Waals surface area contributed by atoms with Crippen LogP contribution in [-0.2, 0) is 9.47 Å². The fraction of sp³-hybridized carbons (Fsp3) is 1.00. The van der Waals surface area contributed by atoms with Gasteiger partial charge in [-0.05, 0) is 6.42 Å². The molecule has 0 aromatic rings. The molecule has 0 spiro atoms. The largest absolute Gasteiger partial charge is 0.355 e. The smallest absolute Gasteiger partial charge is 0.147 e. The molecule has 0 radical (unpaired) electrons. The van der Waals surface area contributed by atoms with Gasteiger partial charge in [-0.2, -0.15) is 0 Å². The van der Waals surface area contributed by atoms with Crippen molar-refractivity contribution in [2.45, 2.75) is 19.4 Å². The van der Waals surface area contributed by atoms with Crippen LogP contribution in [0.2, 0.25) is 0 Å². The fourth-order valence-corrected chi connectivity index (χ4v) is 0.728. The molecule has 0 bridgehead atoms. The molecule has 0 aliphatic carbocycles. The third kappa shape index (κ3) is 2.64. The van der Waals surface area contributed by atoms with Crippen LogP contribution in [0.15, 0.2) is 0 Å². The van der Waals surface area contributed by atoms with E-state index < -0.39 is 0 Å². The van der Waals surface area contributed by atoms with Gasteiger partial charge in [0, 0.05) is 19.7 Å². The first-order valence-electron chi connectivity index (χ1n) is 3.83. The molecule has 1 N–H and O–H groups in total. The van der Waals surface area contributed by atoms with Crippen molar-refractivity contribution in [3.8, 4) is 0 Å². The monoisotopic (exact) mass is 145 g/mol. The molecular formula is C7H15NO2. The highest BCUT2D eigenvalue weighted by Gasteiger charge is 2.16. The summed E-state index contributed by atoms with van der Waals surface area (Å²) in [6, 6.07) is 0. The van der Waals surface area contributed by atoms with Crippen LogP contribution in [0.3, 0.4) is 0 Å². The van der Waals surface area contributed by atoms with E-state index in [4.69, 9.17) is 9.47 Å². The maximum Gasteiger partial charge on any atom is 0.147 e. The van der Waals surface area contributed by atoms with E-state index >= 15 is 0 Å². The van der Waals surface area contributed by atoms with Crippen LogP contribution in [-0.4, -0.2) is 32.6 Å². The molecule has 1 heterocycles. The number of hydrogen-bond donors (Lipinski definition) is 1. The van der Waals surface area contributed by atoms with E-state index in [1.807, 2.05) is 0 Å². The first-order valence-corrected chi connectivity index (χ1v) is 3.83. The van der Waals surface area contributed by atoms with Gasteiger partial charge in [0.05, 0.1) is 6.10 Å². The van der Waals surface area contributed by atoms with Gasteiger partial charge in [-0.3, -0.25) is 0 Å². The van der Waals surface area contributed by atoms with Crippen molar-refractivity contribution < 1.29 is 9.47 Å². The fourth-order valence-electron chi connectivity index (χ4n) is 0.728. The van der Waals surface area contributed by atoms with E-state index in [2.05, 4.69) is 12.2 Å². The molecule has 0 unspecified atom stereocenters. The van der Waals surface area contributed by atoms with Gasteiger partial charge in [-0.15, -0.1) is 0 Å². The van der Waals surface area contributed by atoms with Crippen LogP contribution in [0.1, 0.15) is 13.3 Å². The van der Waals surface area contributed by atoms with E-state index in [9.17, 15) is 0 Å². The van der Waals surface area contributed by atoms with Gasteiger partial charge >= 0.3 is 0 Å². The summed E-state index contributed by atoms with van der Waals surface area (Å²) in [6.07, 6.45) is 1.46. The maximum absolute atomic E-state index is 5.30. The molecule has 1 saturated heterocycles. The molecule has 1 fully saturated rings. The summed E-state index contributed by atoms with van der Waals surface area (Å²) in [5.74, 6) is 0. The number of rotatable bonds is 5. The van der Waals surface area contributed by atoms with Crippen molar-refractivity contribution in [1.82, 2.24) is 5.32 Å². The van der Waals surface area contributed by atoms with E-state index in [1.165, 1.54) is 0 Å². The number of ether oxygens (including phenoxy) is 2. The third-order valence-corrected chi connectivity index (χ3v) is 1.48. The first-order chi connectivity index (χ1) is 4.93. The molecule has 0 atom stereocenters. The predicted octanol–water partition coefficient (Wildman–Crippen LogP) is 0.359. The summed E-state index contributed by atoms with van der Waals surface area (Å²) in [7, 11) is 0. The summed E-state index contributed by atoms with van der Waals surface area (Å²) < 4.78 is 10.4. The zero-order valence-electron chi connectivity index (χ0n) is 6.43. The molecule has 3 heteroatoms. The van der Waals surface area contributed by atoms with Crippen LogP contribution in [0.25, 0.3) is 0 Å². The zero-order chi connectivity index (χ0) is 7.23. The standard InChI is InChI=1S/C7H15NO2/c1-2-3-9-6-10-7-4-8-5-7/h7-8H,2-6H2,1H3. The molecule has 1 aliphatic heterocycles. The van der Waals surface area contributed by atoms with Crippen LogP contribution >= 0.6 is 0 Å². The van der Waals surface area contributed by atoms with E-state index in [0.717, 1.165) is 26.1 Å². The average Bonchev–Trinajstić information content (AvgIpc) is 1.84. The first kappa shape index (κ1) is 7.98. The lowest BCUT2D eigenvalue weighted by Crippen LogP contribution is -2.48. The minimum absolute atomic E-state index is 0.400. The second kappa shape index (κ2) is 4.66. The highest BCUT2D eigenvalue weighted by atomic mass is 16.7. The summed E-state index contributed by atoms with van der Waals surface area (Å²) >= 11 is 0. The van der Waals surface area contributed by atoms with Crippen molar-refractivity contribution in [1.29, 1.82) is 0 Å². The Balaban J connectivity index is 1.76. The van der Waals surface area contributed by atoms with Crippen molar-refractivity contribution in [2.24, 2.45) is 0 Å². The lowest BCUT2D eigenvalue weighted by molar-refractivity contribution is -0.102. The van der Waals surface area contributed by atoms with Gasteiger partial charge < -0.3 is 14.8 Å². The van der Waals surface area contributed by atoms with Crippen LogP contribution in [0, 0.1) is 0 Å². The summed E-state index contributed by atoms with van der Waals surface area (Å²) in [5.41, 5.74) is 0. The van der Waals surface area contributed by atoms with Crippen molar-refractivity contribution >= 4 is 0 Å². The number of hydrogen-bond acceptors (Lipinski definition) is 3. The van der Waals surface area contributed by atoms with Crippen molar-refractivity contribution in [2.75, 3.05) is 26.5 Å². The highest BCUT2D eigenvalue weighted by molar-refractivity contribution is 4.73. The molecule has 0 aromatic carbocycles. The zero-order valence-corrected chi connectivity index (χ0v) is 6.43. The Morgan fingerprint density at radius 2 is 2.30 bits per heavy atom. The summed E-state index contributed by atoms with van der Waals surface area (Å²) in [4.78, 5) is 0. The second-order valence-corrected chi connectivity index (χ2v) is 2.47. The molecule has 10 heavy (non-hydrogen) atoms. The minimum Gasteiger partial charge on any atom is -0.355 e. The lowest BCUT2D eigenvalue weighted by atomic mass is 10.2. The van der Waals surface area contributed by atoms with E-state index in [1.54, 1.807) is 0 Å². The summed E-state index contributed by atoms with van der Waals surface area (Å²) in [6.45, 7) is 5.32. The van der Waals surface area contributed by atoms with Crippen molar-refractivity contribution in [3.63, 3.8) is 0 Å². The Kier molecular flexibility index (Phi) is 3.72. The topological polar surface area (TPSA) is 30.5 Å². The lowest BCUT2D eigenvalue weighted by Gasteiger charge is -2.26. The van der Waals surface area contributed by atoms with Crippen molar-refractivity contribution in [3.05, 3.63) is 0 Å². The Hall–Kier alpha value is -0.120. The van der Waals surface area contributed by atoms with Gasteiger partial charge in [-0.1, -0.05) is 6.92 Å². The van der Waals surface area contributed by atoms with E-state index in [0.29, 0.717) is 12.9 Å². The molecule has 0 amide bonds. The van der Waals surface area contributed by atoms with Crippen LogP contribution in [0.4, 0.5) is 0 Å². The maximum atomic E-state index is 5.30. The Bertz CT molecular complexity index is 83.7. The van der Waals surface area contributed by atoms with Gasteiger partial charge in [0.2, 0.25) is 0 Å².